The first-order valence-electron chi connectivity index (χ1n) is 6.51. The summed E-state index contributed by atoms with van der Waals surface area (Å²) in [6.45, 7) is 3.92. The van der Waals surface area contributed by atoms with Crippen molar-refractivity contribution in [3.05, 3.63) is 35.4 Å². The topological polar surface area (TPSA) is 57.5 Å². The summed E-state index contributed by atoms with van der Waals surface area (Å²) in [6, 6.07) is 7.62. The molecule has 0 radical (unpaired) electrons. The molecule has 3 nitrogen and oxygen atoms in total. The van der Waals surface area contributed by atoms with Gasteiger partial charge >= 0.3 is 7.60 Å². The molecule has 1 aromatic rings. The lowest BCUT2D eigenvalue weighted by molar-refractivity contribution is 0.222. The van der Waals surface area contributed by atoms with Crippen LogP contribution in [0.1, 0.15) is 43.7 Å². The second kappa shape index (κ2) is 4.80. The van der Waals surface area contributed by atoms with E-state index in [1.165, 1.54) is 0 Å². The number of hydrogen-bond donors (Lipinski definition) is 2. The van der Waals surface area contributed by atoms with Crippen LogP contribution >= 0.6 is 7.60 Å². The Labute approximate surface area is 108 Å². The molecule has 4 heteroatoms. The van der Waals surface area contributed by atoms with Crippen LogP contribution in [0.5, 0.6) is 0 Å². The van der Waals surface area contributed by atoms with Gasteiger partial charge in [0.2, 0.25) is 0 Å². The summed E-state index contributed by atoms with van der Waals surface area (Å²) < 4.78 is 12.2. The summed E-state index contributed by atoms with van der Waals surface area (Å²) in [5.74, 6) is 0.0215. The van der Waals surface area contributed by atoms with Crippen molar-refractivity contribution in [1.29, 1.82) is 0 Å². The van der Waals surface area contributed by atoms with E-state index in [-0.39, 0.29) is 5.92 Å². The van der Waals surface area contributed by atoms with Gasteiger partial charge in [-0.3, -0.25) is 4.57 Å². The van der Waals surface area contributed by atoms with Gasteiger partial charge in [0.1, 0.15) is 0 Å². The van der Waals surface area contributed by atoms with E-state index in [1.54, 1.807) is 0 Å². The predicted molar refractivity (Wildman–Crippen MR) is 72.5 cm³/mol. The Bertz CT molecular complexity index is 480. The quantitative estimate of drug-likeness (QED) is 0.806. The molecular formula is C14H21O3P. The molecule has 0 aromatic heterocycles. The highest BCUT2D eigenvalue weighted by Gasteiger charge is 2.53. The largest absolute Gasteiger partial charge is 0.336 e. The second-order valence-electron chi connectivity index (χ2n) is 5.43. The zero-order chi connectivity index (χ0) is 13.4. The molecule has 0 bridgehead atoms. The van der Waals surface area contributed by atoms with Crippen molar-refractivity contribution in [1.82, 2.24) is 0 Å². The van der Waals surface area contributed by atoms with Gasteiger partial charge in [-0.05, 0) is 36.8 Å². The summed E-state index contributed by atoms with van der Waals surface area (Å²) in [5, 5.41) is -0.976. The monoisotopic (exact) mass is 268 g/mol. The zero-order valence-electron chi connectivity index (χ0n) is 11.0. The van der Waals surface area contributed by atoms with Crippen molar-refractivity contribution in [2.45, 2.75) is 44.7 Å². The first kappa shape index (κ1) is 13.8. The summed E-state index contributed by atoms with van der Waals surface area (Å²) in [6.07, 6.45) is 3.43. The summed E-state index contributed by atoms with van der Waals surface area (Å²) in [4.78, 5) is 19.9. The molecule has 2 N–H and O–H groups in total. The number of rotatable bonds is 2. The van der Waals surface area contributed by atoms with Crippen LogP contribution in [0.2, 0.25) is 0 Å². The highest BCUT2D eigenvalue weighted by Crippen LogP contribution is 2.66. The van der Waals surface area contributed by atoms with Crippen molar-refractivity contribution < 1.29 is 14.4 Å². The standard InChI is InChI=1S/C14H21O3P/c1-11-7-3-4-9-13(11)14(18(15,16)17)10-6-5-8-12(14)2/h3-4,7,9,12H,5-6,8,10H2,1-2H3,(H2,15,16,17). The molecule has 1 aliphatic rings. The zero-order valence-corrected chi connectivity index (χ0v) is 11.9. The first-order valence-corrected chi connectivity index (χ1v) is 8.12. The van der Waals surface area contributed by atoms with E-state index < -0.39 is 12.8 Å². The third-order valence-electron chi connectivity index (χ3n) is 4.39. The van der Waals surface area contributed by atoms with Gasteiger partial charge in [0, 0.05) is 0 Å². The van der Waals surface area contributed by atoms with Gasteiger partial charge in [0.25, 0.3) is 0 Å². The SMILES string of the molecule is Cc1ccccc1C1(P(=O)(O)O)CCCCC1C. The lowest BCUT2D eigenvalue weighted by Gasteiger charge is -2.43. The highest BCUT2D eigenvalue weighted by atomic mass is 31.2. The smallest absolute Gasteiger partial charge is 0.324 e. The van der Waals surface area contributed by atoms with Crippen LogP contribution in [0.15, 0.2) is 24.3 Å². The lowest BCUT2D eigenvalue weighted by Crippen LogP contribution is -2.37. The van der Waals surface area contributed by atoms with Crippen molar-refractivity contribution in [2.75, 3.05) is 0 Å². The van der Waals surface area contributed by atoms with Crippen LogP contribution in [0.25, 0.3) is 0 Å². The van der Waals surface area contributed by atoms with Gasteiger partial charge in [-0.2, -0.15) is 0 Å². The van der Waals surface area contributed by atoms with Crippen LogP contribution < -0.4 is 0 Å². The highest BCUT2D eigenvalue weighted by molar-refractivity contribution is 7.53. The first-order chi connectivity index (χ1) is 8.39. The molecule has 2 atom stereocenters. The Morgan fingerprint density at radius 2 is 1.94 bits per heavy atom. The molecule has 0 aliphatic heterocycles. The van der Waals surface area contributed by atoms with Crippen LogP contribution in [0.3, 0.4) is 0 Å². The van der Waals surface area contributed by atoms with Crippen molar-refractivity contribution in [3.8, 4) is 0 Å². The summed E-state index contributed by atoms with van der Waals surface area (Å²) in [7, 11) is -4.18. The minimum Gasteiger partial charge on any atom is -0.324 e. The molecule has 2 unspecified atom stereocenters. The third kappa shape index (κ3) is 2.05. The Morgan fingerprint density at radius 1 is 1.28 bits per heavy atom. The van der Waals surface area contributed by atoms with Crippen LogP contribution in [0.4, 0.5) is 0 Å². The van der Waals surface area contributed by atoms with E-state index >= 15 is 0 Å². The average molecular weight is 268 g/mol. The average Bonchev–Trinajstić information content (AvgIpc) is 2.29. The van der Waals surface area contributed by atoms with E-state index in [9.17, 15) is 14.4 Å². The molecule has 18 heavy (non-hydrogen) atoms. The minimum absolute atomic E-state index is 0.0215. The molecule has 0 spiro atoms. The van der Waals surface area contributed by atoms with Crippen molar-refractivity contribution in [3.63, 3.8) is 0 Å². The molecule has 1 aromatic carbocycles. The van der Waals surface area contributed by atoms with E-state index in [0.29, 0.717) is 6.42 Å². The molecule has 0 heterocycles. The Hall–Kier alpha value is -0.630. The van der Waals surface area contributed by atoms with Gasteiger partial charge in [-0.1, -0.05) is 44.0 Å². The summed E-state index contributed by atoms with van der Waals surface area (Å²) >= 11 is 0. The van der Waals surface area contributed by atoms with Gasteiger partial charge in [0.05, 0.1) is 5.16 Å². The fourth-order valence-electron chi connectivity index (χ4n) is 3.38. The van der Waals surface area contributed by atoms with E-state index in [1.807, 2.05) is 38.1 Å². The van der Waals surface area contributed by atoms with Gasteiger partial charge in [-0.25, -0.2) is 0 Å². The third-order valence-corrected chi connectivity index (χ3v) is 6.34. The van der Waals surface area contributed by atoms with Crippen LogP contribution in [-0.4, -0.2) is 9.79 Å². The Kier molecular flexibility index (Phi) is 3.68. The molecule has 1 fully saturated rings. The molecule has 0 amide bonds. The second-order valence-corrected chi connectivity index (χ2v) is 7.32. The number of benzene rings is 1. The number of hydrogen-bond acceptors (Lipinski definition) is 1. The molecular weight excluding hydrogens is 247 g/mol. The number of aryl methyl sites for hydroxylation is 1. The van der Waals surface area contributed by atoms with E-state index in [2.05, 4.69) is 0 Å². The van der Waals surface area contributed by atoms with Gasteiger partial charge in [-0.15, -0.1) is 0 Å². The van der Waals surface area contributed by atoms with E-state index in [0.717, 1.165) is 30.4 Å². The van der Waals surface area contributed by atoms with E-state index in [4.69, 9.17) is 0 Å². The summed E-state index contributed by atoms with van der Waals surface area (Å²) in [5.41, 5.74) is 1.82. The maximum absolute atomic E-state index is 12.2. The Balaban J connectivity index is 2.63. The normalized spacial score (nSPS) is 29.2. The van der Waals surface area contributed by atoms with Crippen LogP contribution in [0, 0.1) is 12.8 Å². The maximum Gasteiger partial charge on any atom is 0.336 e. The van der Waals surface area contributed by atoms with Gasteiger partial charge < -0.3 is 9.79 Å². The van der Waals surface area contributed by atoms with Gasteiger partial charge in [0.15, 0.2) is 0 Å². The van der Waals surface area contributed by atoms with Crippen molar-refractivity contribution in [2.24, 2.45) is 5.92 Å². The minimum atomic E-state index is -4.18. The molecule has 0 saturated heterocycles. The molecule has 1 saturated carbocycles. The molecule has 1 aliphatic carbocycles. The Morgan fingerprint density at radius 3 is 2.50 bits per heavy atom. The van der Waals surface area contributed by atoms with Crippen LogP contribution in [-0.2, 0) is 9.72 Å². The fourth-order valence-corrected chi connectivity index (χ4v) is 5.10. The molecule has 100 valence electrons. The fraction of sp³-hybridized carbons (Fsp3) is 0.571. The molecule has 2 rings (SSSR count). The predicted octanol–water partition coefficient (Wildman–Crippen LogP) is 3.58. The van der Waals surface area contributed by atoms with Crippen molar-refractivity contribution >= 4 is 7.60 Å². The lowest BCUT2D eigenvalue weighted by atomic mass is 9.74. The maximum atomic E-state index is 12.2.